The lowest BCUT2D eigenvalue weighted by Crippen LogP contribution is -2.20. The van der Waals surface area contributed by atoms with E-state index in [0.29, 0.717) is 59.5 Å². The zero-order valence-corrected chi connectivity index (χ0v) is 16.7. The first-order valence-corrected chi connectivity index (χ1v) is 10.1. The predicted molar refractivity (Wildman–Crippen MR) is 110 cm³/mol. The number of nitrogens with zero attached hydrogens (tertiary/aromatic N) is 2. The van der Waals surface area contributed by atoms with Gasteiger partial charge in [-0.05, 0) is 31.0 Å². The summed E-state index contributed by atoms with van der Waals surface area (Å²) in [5.41, 5.74) is 1.22. The molecule has 30 heavy (non-hydrogen) atoms. The molecule has 0 aliphatic carbocycles. The monoisotopic (exact) mass is 431 g/mol. The van der Waals surface area contributed by atoms with Crippen molar-refractivity contribution in [3.63, 3.8) is 0 Å². The summed E-state index contributed by atoms with van der Waals surface area (Å²) in [7, 11) is 0. The molecule has 1 fully saturated rings. The molecule has 0 amide bonds. The molecule has 1 saturated heterocycles. The molecular formula is C21H19ClFN3O4. The van der Waals surface area contributed by atoms with Crippen molar-refractivity contribution < 1.29 is 23.3 Å². The SMILES string of the molecule is Fc1ccc(Nc2ncnc3cc(OC[C@H]4CCCO4)c4c(c23)OCCO4)cc1Cl. The van der Waals surface area contributed by atoms with Crippen LogP contribution in [0.15, 0.2) is 30.6 Å². The Hall–Kier alpha value is -2.84. The first-order chi connectivity index (χ1) is 14.7. The highest BCUT2D eigenvalue weighted by molar-refractivity contribution is 6.31. The zero-order valence-electron chi connectivity index (χ0n) is 16.0. The van der Waals surface area contributed by atoms with Gasteiger partial charge in [0.25, 0.3) is 0 Å². The van der Waals surface area contributed by atoms with Crippen molar-refractivity contribution in [3.8, 4) is 17.2 Å². The van der Waals surface area contributed by atoms with Gasteiger partial charge in [0.15, 0.2) is 11.5 Å². The van der Waals surface area contributed by atoms with Gasteiger partial charge in [0.2, 0.25) is 5.75 Å². The number of aromatic nitrogens is 2. The van der Waals surface area contributed by atoms with Gasteiger partial charge < -0.3 is 24.3 Å². The second kappa shape index (κ2) is 8.12. The highest BCUT2D eigenvalue weighted by Gasteiger charge is 2.26. The first kappa shape index (κ1) is 19.1. The van der Waals surface area contributed by atoms with Gasteiger partial charge >= 0.3 is 0 Å². The van der Waals surface area contributed by atoms with Crippen LogP contribution in [0.2, 0.25) is 5.02 Å². The Balaban J connectivity index is 1.53. The lowest BCUT2D eigenvalue weighted by molar-refractivity contribution is 0.0653. The molecule has 9 heteroatoms. The van der Waals surface area contributed by atoms with Crippen molar-refractivity contribution in [1.82, 2.24) is 9.97 Å². The van der Waals surface area contributed by atoms with E-state index in [1.165, 1.54) is 18.5 Å². The summed E-state index contributed by atoms with van der Waals surface area (Å²) >= 11 is 5.90. The number of halogens is 2. The lowest BCUT2D eigenvalue weighted by atomic mass is 10.1. The van der Waals surface area contributed by atoms with Gasteiger partial charge in [0.05, 0.1) is 22.0 Å². The van der Waals surface area contributed by atoms with Crippen LogP contribution in [0.25, 0.3) is 10.9 Å². The fourth-order valence-electron chi connectivity index (χ4n) is 3.58. The Bertz CT molecular complexity index is 1090. The number of ether oxygens (including phenoxy) is 4. The molecule has 1 aromatic heterocycles. The number of rotatable bonds is 5. The van der Waals surface area contributed by atoms with E-state index in [1.807, 2.05) is 6.07 Å². The Labute approximate surface area is 177 Å². The van der Waals surface area contributed by atoms with Crippen LogP contribution in [-0.2, 0) is 4.74 Å². The normalized spacial score (nSPS) is 17.9. The molecule has 0 saturated carbocycles. The number of fused-ring (bicyclic) bond motifs is 3. The van der Waals surface area contributed by atoms with E-state index in [2.05, 4.69) is 15.3 Å². The Morgan fingerprint density at radius 3 is 2.80 bits per heavy atom. The van der Waals surface area contributed by atoms with Crippen LogP contribution >= 0.6 is 11.6 Å². The summed E-state index contributed by atoms with van der Waals surface area (Å²) in [6.07, 6.45) is 3.53. The van der Waals surface area contributed by atoms with Gasteiger partial charge in [-0.3, -0.25) is 0 Å². The zero-order chi connectivity index (χ0) is 20.5. The van der Waals surface area contributed by atoms with E-state index in [9.17, 15) is 4.39 Å². The minimum atomic E-state index is -0.489. The van der Waals surface area contributed by atoms with Crippen molar-refractivity contribution in [1.29, 1.82) is 0 Å². The molecule has 0 unspecified atom stereocenters. The second-order valence-electron chi connectivity index (χ2n) is 7.05. The summed E-state index contributed by atoms with van der Waals surface area (Å²) in [4.78, 5) is 8.73. The smallest absolute Gasteiger partial charge is 0.204 e. The Kier molecular flexibility index (Phi) is 5.18. The van der Waals surface area contributed by atoms with E-state index >= 15 is 0 Å². The summed E-state index contributed by atoms with van der Waals surface area (Å²) in [5.74, 6) is 1.59. The van der Waals surface area contributed by atoms with Crippen LogP contribution < -0.4 is 19.5 Å². The van der Waals surface area contributed by atoms with Gasteiger partial charge in [0.1, 0.15) is 37.8 Å². The summed E-state index contributed by atoms with van der Waals surface area (Å²) in [6, 6.07) is 6.17. The van der Waals surface area contributed by atoms with Crippen molar-refractivity contribution in [2.45, 2.75) is 18.9 Å². The van der Waals surface area contributed by atoms with Crippen LogP contribution in [0.4, 0.5) is 15.9 Å². The predicted octanol–water partition coefficient (Wildman–Crippen LogP) is 4.49. The van der Waals surface area contributed by atoms with E-state index in [1.54, 1.807) is 6.07 Å². The molecule has 7 nitrogen and oxygen atoms in total. The fourth-order valence-corrected chi connectivity index (χ4v) is 3.76. The van der Waals surface area contributed by atoms with Crippen LogP contribution in [-0.4, -0.2) is 42.5 Å². The number of benzene rings is 2. The molecule has 2 aliphatic heterocycles. The standard InChI is InChI=1S/C21H19ClFN3O4/c22-14-8-12(3-4-15(14)23)26-21-18-16(24-11-25-21)9-17(19-20(18)29-7-6-28-19)30-10-13-2-1-5-27-13/h3-4,8-9,11,13H,1-2,5-7,10H2,(H,24,25,26)/t13-/m1/s1. The number of hydrogen-bond acceptors (Lipinski definition) is 7. The maximum Gasteiger partial charge on any atom is 0.204 e. The lowest BCUT2D eigenvalue weighted by Gasteiger charge is -2.24. The molecule has 5 rings (SSSR count). The summed E-state index contributed by atoms with van der Waals surface area (Å²) in [6.45, 7) is 2.01. The number of hydrogen-bond donors (Lipinski definition) is 1. The third-order valence-corrected chi connectivity index (χ3v) is 5.30. The van der Waals surface area contributed by atoms with Crippen molar-refractivity contribution in [3.05, 3.63) is 41.4 Å². The highest BCUT2D eigenvalue weighted by atomic mass is 35.5. The minimum Gasteiger partial charge on any atom is -0.487 e. The van der Waals surface area contributed by atoms with Gasteiger partial charge in [-0.25, -0.2) is 14.4 Å². The molecule has 2 aromatic carbocycles. The first-order valence-electron chi connectivity index (χ1n) is 9.73. The van der Waals surface area contributed by atoms with Crippen molar-refractivity contribution >= 4 is 34.0 Å². The topological polar surface area (TPSA) is 74.7 Å². The molecule has 3 heterocycles. The molecule has 0 bridgehead atoms. The van der Waals surface area contributed by atoms with Gasteiger partial charge in [0, 0.05) is 18.4 Å². The Morgan fingerprint density at radius 2 is 2.00 bits per heavy atom. The quantitative estimate of drug-likeness (QED) is 0.637. The third-order valence-electron chi connectivity index (χ3n) is 5.01. The van der Waals surface area contributed by atoms with Crippen molar-refractivity contribution in [2.24, 2.45) is 0 Å². The molecule has 0 radical (unpaired) electrons. The van der Waals surface area contributed by atoms with Crippen LogP contribution in [0, 0.1) is 5.82 Å². The molecule has 1 atom stereocenters. The Morgan fingerprint density at radius 1 is 1.13 bits per heavy atom. The molecule has 3 aromatic rings. The van der Waals surface area contributed by atoms with E-state index < -0.39 is 5.82 Å². The van der Waals surface area contributed by atoms with Crippen LogP contribution in [0.5, 0.6) is 17.2 Å². The largest absolute Gasteiger partial charge is 0.487 e. The van der Waals surface area contributed by atoms with E-state index in [-0.39, 0.29) is 11.1 Å². The fraction of sp³-hybridized carbons (Fsp3) is 0.333. The second-order valence-corrected chi connectivity index (χ2v) is 7.45. The molecule has 156 valence electrons. The maximum atomic E-state index is 13.5. The molecular weight excluding hydrogens is 413 g/mol. The van der Waals surface area contributed by atoms with Gasteiger partial charge in [-0.2, -0.15) is 0 Å². The highest BCUT2D eigenvalue weighted by Crippen LogP contribution is 2.47. The number of nitrogens with one attached hydrogen (secondary N) is 1. The third kappa shape index (κ3) is 3.68. The van der Waals surface area contributed by atoms with E-state index in [4.69, 9.17) is 30.5 Å². The summed E-state index contributed by atoms with van der Waals surface area (Å²) < 4.78 is 37.0. The van der Waals surface area contributed by atoms with Gasteiger partial charge in [-0.1, -0.05) is 11.6 Å². The maximum absolute atomic E-state index is 13.5. The minimum absolute atomic E-state index is 0.0183. The molecule has 0 spiro atoms. The van der Waals surface area contributed by atoms with Crippen molar-refractivity contribution in [2.75, 3.05) is 31.7 Å². The number of anilines is 2. The van der Waals surface area contributed by atoms with Gasteiger partial charge in [-0.15, -0.1) is 0 Å². The van der Waals surface area contributed by atoms with E-state index in [0.717, 1.165) is 19.4 Å². The average Bonchev–Trinajstić information content (AvgIpc) is 3.28. The molecule has 2 aliphatic rings. The van der Waals surface area contributed by atoms with Crippen LogP contribution in [0.3, 0.4) is 0 Å². The average molecular weight is 432 g/mol. The summed E-state index contributed by atoms with van der Waals surface area (Å²) in [5, 5.41) is 3.83. The molecule has 1 N–H and O–H groups in total. The van der Waals surface area contributed by atoms with Crippen LogP contribution in [0.1, 0.15) is 12.8 Å².